The lowest BCUT2D eigenvalue weighted by atomic mass is 9.89. The van der Waals surface area contributed by atoms with Crippen LogP contribution in [0.25, 0.3) is 0 Å². The summed E-state index contributed by atoms with van der Waals surface area (Å²) in [5.41, 5.74) is 7.61. The van der Waals surface area contributed by atoms with Crippen molar-refractivity contribution in [3.05, 3.63) is 21.8 Å². The van der Waals surface area contributed by atoms with Gasteiger partial charge in [0.2, 0.25) is 0 Å². The van der Waals surface area contributed by atoms with Gasteiger partial charge in [0.15, 0.2) is 0 Å². The molecule has 96 valence electrons. The van der Waals surface area contributed by atoms with E-state index in [1.54, 1.807) is 0 Å². The van der Waals surface area contributed by atoms with Gasteiger partial charge in [-0.25, -0.2) is 0 Å². The van der Waals surface area contributed by atoms with E-state index < -0.39 is 0 Å². The zero-order valence-corrected chi connectivity index (χ0v) is 12.8. The predicted molar refractivity (Wildman–Crippen MR) is 82.1 cm³/mol. The molecule has 1 aromatic carbocycles. The van der Waals surface area contributed by atoms with Crippen molar-refractivity contribution < 1.29 is 5.11 Å². The summed E-state index contributed by atoms with van der Waals surface area (Å²) < 4.78 is 1.07. The fourth-order valence-corrected chi connectivity index (χ4v) is 2.41. The molecule has 17 heavy (non-hydrogen) atoms. The summed E-state index contributed by atoms with van der Waals surface area (Å²) in [6.07, 6.45) is 0.453. The molecule has 0 saturated heterocycles. The van der Waals surface area contributed by atoms with Crippen LogP contribution in [0.1, 0.15) is 27.2 Å². The van der Waals surface area contributed by atoms with Crippen LogP contribution in [-0.2, 0) is 0 Å². The molecule has 0 aromatic heterocycles. The predicted octanol–water partition coefficient (Wildman–Crippen LogP) is 3.08. The molecular weight excluding hydrogens is 327 g/mol. The topological polar surface area (TPSA) is 58.3 Å². The fraction of sp³-hybridized carbons (Fsp3) is 0.538. The fourth-order valence-electron chi connectivity index (χ4n) is 1.68. The lowest BCUT2D eigenvalue weighted by Gasteiger charge is -2.23. The van der Waals surface area contributed by atoms with Gasteiger partial charge in [-0.15, -0.1) is 0 Å². The van der Waals surface area contributed by atoms with Gasteiger partial charge in [-0.2, -0.15) is 0 Å². The minimum absolute atomic E-state index is 0.148. The first kappa shape index (κ1) is 14.6. The highest BCUT2D eigenvalue weighted by Crippen LogP contribution is 2.23. The zero-order valence-electron chi connectivity index (χ0n) is 10.6. The quantitative estimate of drug-likeness (QED) is 0.579. The highest BCUT2D eigenvalue weighted by molar-refractivity contribution is 14.1. The van der Waals surface area contributed by atoms with Crippen molar-refractivity contribution >= 4 is 34.0 Å². The largest absolute Gasteiger partial charge is 0.399 e. The van der Waals surface area contributed by atoms with Crippen LogP contribution in [0.4, 0.5) is 11.4 Å². The zero-order chi connectivity index (χ0) is 13.1. The molecule has 0 aliphatic heterocycles. The molecule has 1 aromatic rings. The van der Waals surface area contributed by atoms with Gasteiger partial charge in [0.1, 0.15) is 0 Å². The van der Waals surface area contributed by atoms with Gasteiger partial charge in [0.05, 0.1) is 6.10 Å². The van der Waals surface area contributed by atoms with Crippen LogP contribution in [-0.4, -0.2) is 17.8 Å². The van der Waals surface area contributed by atoms with E-state index in [1.165, 1.54) is 0 Å². The summed E-state index contributed by atoms with van der Waals surface area (Å²) in [6, 6.07) is 5.72. The van der Waals surface area contributed by atoms with Gasteiger partial charge < -0.3 is 16.2 Å². The van der Waals surface area contributed by atoms with Crippen molar-refractivity contribution in [3.63, 3.8) is 0 Å². The molecule has 0 bridgehead atoms. The Bertz CT molecular complexity index is 374. The summed E-state index contributed by atoms with van der Waals surface area (Å²) in [7, 11) is 0. The Morgan fingerprint density at radius 3 is 2.59 bits per heavy atom. The molecule has 0 aliphatic carbocycles. The van der Waals surface area contributed by atoms with Gasteiger partial charge >= 0.3 is 0 Å². The molecule has 0 radical (unpaired) electrons. The second kappa shape index (κ2) is 5.91. The lowest BCUT2D eigenvalue weighted by Crippen LogP contribution is -2.25. The summed E-state index contributed by atoms with van der Waals surface area (Å²) in [5, 5.41) is 13.2. The molecule has 4 heteroatoms. The molecular formula is C13H21IN2O. The van der Waals surface area contributed by atoms with Gasteiger partial charge in [-0.3, -0.25) is 0 Å². The number of anilines is 2. The summed E-state index contributed by atoms with van der Waals surface area (Å²) in [4.78, 5) is 0. The van der Waals surface area contributed by atoms with Crippen molar-refractivity contribution in [1.29, 1.82) is 0 Å². The number of benzene rings is 1. The number of rotatable bonds is 4. The Kier molecular flexibility index (Phi) is 5.06. The van der Waals surface area contributed by atoms with E-state index in [1.807, 2.05) is 18.2 Å². The van der Waals surface area contributed by atoms with Crippen LogP contribution in [0.3, 0.4) is 0 Å². The Hall–Kier alpha value is -0.490. The molecule has 1 unspecified atom stereocenters. The SMILES string of the molecule is CC(C)(C)CC(O)CNc1ccc(N)cc1I. The molecule has 1 rings (SSSR count). The minimum atomic E-state index is -0.330. The van der Waals surface area contributed by atoms with Gasteiger partial charge in [0, 0.05) is 21.5 Å². The van der Waals surface area contributed by atoms with E-state index in [-0.39, 0.29) is 11.5 Å². The van der Waals surface area contributed by atoms with Gasteiger partial charge in [0.25, 0.3) is 0 Å². The Morgan fingerprint density at radius 1 is 1.41 bits per heavy atom. The average molecular weight is 348 g/mol. The number of hydrogen-bond acceptors (Lipinski definition) is 3. The molecule has 0 saturated carbocycles. The highest BCUT2D eigenvalue weighted by Gasteiger charge is 2.16. The number of aliphatic hydroxyl groups is 1. The number of aliphatic hydroxyl groups excluding tert-OH is 1. The highest BCUT2D eigenvalue weighted by atomic mass is 127. The number of hydrogen-bond donors (Lipinski definition) is 3. The van der Waals surface area contributed by atoms with Crippen LogP contribution in [0.15, 0.2) is 18.2 Å². The number of nitrogens with two attached hydrogens (primary N) is 1. The molecule has 0 spiro atoms. The normalized spacial score (nSPS) is 13.5. The van der Waals surface area contributed by atoms with Crippen LogP contribution in [0, 0.1) is 8.99 Å². The molecule has 0 amide bonds. The molecule has 0 fully saturated rings. The summed E-state index contributed by atoms with van der Waals surface area (Å²) in [6.45, 7) is 6.95. The maximum absolute atomic E-state index is 9.90. The van der Waals surface area contributed by atoms with Crippen LogP contribution < -0.4 is 11.1 Å². The monoisotopic (exact) mass is 348 g/mol. The van der Waals surface area contributed by atoms with E-state index in [0.717, 1.165) is 21.4 Å². The average Bonchev–Trinajstić information content (AvgIpc) is 2.13. The second-order valence-corrected chi connectivity index (χ2v) is 6.70. The van der Waals surface area contributed by atoms with E-state index in [4.69, 9.17) is 5.73 Å². The second-order valence-electron chi connectivity index (χ2n) is 5.54. The van der Waals surface area contributed by atoms with E-state index in [0.29, 0.717) is 6.54 Å². The Labute approximate surface area is 117 Å². The van der Waals surface area contributed by atoms with E-state index in [9.17, 15) is 5.11 Å². The lowest BCUT2D eigenvalue weighted by molar-refractivity contribution is 0.132. The van der Waals surface area contributed by atoms with Crippen molar-refractivity contribution in [2.24, 2.45) is 5.41 Å². The van der Waals surface area contributed by atoms with Crippen molar-refractivity contribution in [2.45, 2.75) is 33.3 Å². The maximum Gasteiger partial charge on any atom is 0.0717 e. The number of halogens is 1. The molecule has 1 atom stereocenters. The molecule has 0 heterocycles. The number of nitrogens with one attached hydrogen (secondary N) is 1. The smallest absolute Gasteiger partial charge is 0.0717 e. The molecule has 4 N–H and O–H groups in total. The van der Waals surface area contributed by atoms with Crippen molar-refractivity contribution in [1.82, 2.24) is 0 Å². The minimum Gasteiger partial charge on any atom is -0.399 e. The first-order valence-corrected chi connectivity index (χ1v) is 6.83. The molecule has 3 nitrogen and oxygen atoms in total. The van der Waals surface area contributed by atoms with Crippen molar-refractivity contribution in [2.75, 3.05) is 17.6 Å². The maximum atomic E-state index is 9.90. The standard InChI is InChI=1S/C13H21IN2O/c1-13(2,3)7-10(17)8-16-12-5-4-9(15)6-11(12)14/h4-6,10,16-17H,7-8,15H2,1-3H3. The third kappa shape index (κ3) is 5.59. The van der Waals surface area contributed by atoms with Gasteiger partial charge in [-0.1, -0.05) is 20.8 Å². The van der Waals surface area contributed by atoms with Crippen LogP contribution >= 0.6 is 22.6 Å². The van der Waals surface area contributed by atoms with Gasteiger partial charge in [-0.05, 0) is 52.6 Å². The Balaban J connectivity index is 2.50. The summed E-state index contributed by atoms with van der Waals surface area (Å²) in [5.74, 6) is 0. The first-order valence-electron chi connectivity index (χ1n) is 5.75. The molecule has 0 aliphatic rings. The van der Waals surface area contributed by atoms with Crippen LogP contribution in [0.2, 0.25) is 0 Å². The number of nitrogen functional groups attached to an aromatic ring is 1. The third-order valence-electron chi connectivity index (χ3n) is 2.37. The first-order chi connectivity index (χ1) is 7.78. The van der Waals surface area contributed by atoms with Crippen LogP contribution in [0.5, 0.6) is 0 Å². The summed E-state index contributed by atoms with van der Waals surface area (Å²) >= 11 is 2.24. The van der Waals surface area contributed by atoms with E-state index >= 15 is 0 Å². The third-order valence-corrected chi connectivity index (χ3v) is 3.26. The Morgan fingerprint density at radius 2 is 2.06 bits per heavy atom. The van der Waals surface area contributed by atoms with E-state index in [2.05, 4.69) is 48.7 Å². The van der Waals surface area contributed by atoms with Crippen molar-refractivity contribution in [3.8, 4) is 0 Å².